The Morgan fingerprint density at radius 2 is 2.17 bits per heavy atom. The number of hydrogen-bond acceptors (Lipinski definition) is 6. The molecule has 3 aromatic rings. The van der Waals surface area contributed by atoms with Crippen LogP contribution in [0.2, 0.25) is 5.02 Å². The number of pyridine rings is 1. The summed E-state index contributed by atoms with van der Waals surface area (Å²) in [6.45, 7) is -2.97. The van der Waals surface area contributed by atoms with Gasteiger partial charge in [0.25, 0.3) is 0 Å². The Morgan fingerprint density at radius 1 is 1.33 bits per heavy atom. The van der Waals surface area contributed by atoms with Crippen LogP contribution >= 0.6 is 23.4 Å². The van der Waals surface area contributed by atoms with Gasteiger partial charge in [-0.2, -0.15) is 8.78 Å². The monoisotopic (exact) mass is 451 g/mol. The van der Waals surface area contributed by atoms with E-state index in [9.17, 15) is 13.6 Å². The van der Waals surface area contributed by atoms with E-state index in [1.165, 1.54) is 30.0 Å². The van der Waals surface area contributed by atoms with Crippen LogP contribution in [0, 0.1) is 0 Å². The van der Waals surface area contributed by atoms with E-state index >= 15 is 0 Å². The number of halogens is 3. The highest BCUT2D eigenvalue weighted by Crippen LogP contribution is 2.41. The average molecular weight is 452 g/mol. The summed E-state index contributed by atoms with van der Waals surface area (Å²) in [5, 5.41) is 11.8. The van der Waals surface area contributed by atoms with Gasteiger partial charge in [0.1, 0.15) is 5.75 Å². The molecule has 0 spiro atoms. The van der Waals surface area contributed by atoms with Gasteiger partial charge >= 0.3 is 6.61 Å². The number of nitrogens with one attached hydrogen (secondary N) is 1. The van der Waals surface area contributed by atoms with Crippen LogP contribution in [0.25, 0.3) is 11.4 Å². The van der Waals surface area contributed by atoms with Crippen LogP contribution in [0.4, 0.5) is 14.5 Å². The first kappa shape index (κ1) is 20.5. The van der Waals surface area contributed by atoms with Crippen molar-refractivity contribution in [1.82, 2.24) is 19.7 Å². The molecule has 0 aliphatic heterocycles. The van der Waals surface area contributed by atoms with Crippen LogP contribution in [0.15, 0.2) is 47.9 Å². The zero-order valence-corrected chi connectivity index (χ0v) is 17.0. The third kappa shape index (κ3) is 4.88. The summed E-state index contributed by atoms with van der Waals surface area (Å²) in [5.41, 5.74) is 1.25. The molecule has 0 unspecified atom stereocenters. The molecular weight excluding hydrogens is 436 g/mol. The highest BCUT2D eigenvalue weighted by molar-refractivity contribution is 7.99. The lowest BCUT2D eigenvalue weighted by Crippen LogP contribution is -2.14. The topological polar surface area (TPSA) is 81.9 Å². The molecule has 1 aliphatic carbocycles. The van der Waals surface area contributed by atoms with Crippen molar-refractivity contribution in [3.63, 3.8) is 0 Å². The quantitative estimate of drug-likeness (QED) is 0.501. The Morgan fingerprint density at radius 3 is 2.83 bits per heavy atom. The molecule has 1 amide bonds. The van der Waals surface area contributed by atoms with E-state index in [1.807, 2.05) is 16.7 Å². The van der Waals surface area contributed by atoms with Crippen molar-refractivity contribution in [2.24, 2.45) is 0 Å². The Bertz CT molecular complexity index is 1050. The molecule has 0 bridgehead atoms. The summed E-state index contributed by atoms with van der Waals surface area (Å²) < 4.78 is 30.9. The molecule has 2 heterocycles. The SMILES string of the molecule is O=C(CSc1nnc(-c2cccnc2)n1C1CC1)Nc1ccc(OC(F)F)c(Cl)c1. The van der Waals surface area contributed by atoms with E-state index in [2.05, 4.69) is 25.2 Å². The summed E-state index contributed by atoms with van der Waals surface area (Å²) in [6, 6.07) is 8.16. The van der Waals surface area contributed by atoms with Crippen LogP contribution in [0.1, 0.15) is 18.9 Å². The molecular formula is C19H16ClF2N5O2S. The van der Waals surface area contributed by atoms with Gasteiger partial charge in [0.2, 0.25) is 5.91 Å². The highest BCUT2D eigenvalue weighted by Gasteiger charge is 2.30. The molecule has 1 saturated carbocycles. The second-order valence-corrected chi connectivity index (χ2v) is 7.86. The van der Waals surface area contributed by atoms with Crippen molar-refractivity contribution in [3.05, 3.63) is 47.7 Å². The van der Waals surface area contributed by atoms with Crippen molar-refractivity contribution in [2.45, 2.75) is 30.7 Å². The molecule has 156 valence electrons. The van der Waals surface area contributed by atoms with Gasteiger partial charge in [-0.05, 0) is 43.2 Å². The third-order valence-electron chi connectivity index (χ3n) is 4.26. The van der Waals surface area contributed by atoms with Crippen LogP contribution in [-0.4, -0.2) is 38.0 Å². The molecule has 1 N–H and O–H groups in total. The van der Waals surface area contributed by atoms with E-state index in [0.717, 1.165) is 24.2 Å². The van der Waals surface area contributed by atoms with Gasteiger partial charge in [0, 0.05) is 29.7 Å². The number of nitrogens with zero attached hydrogens (tertiary/aromatic N) is 4. The summed E-state index contributed by atoms with van der Waals surface area (Å²) >= 11 is 7.19. The maximum atomic E-state index is 12.3. The van der Waals surface area contributed by atoms with Gasteiger partial charge in [-0.1, -0.05) is 23.4 Å². The molecule has 2 aromatic heterocycles. The molecule has 1 aromatic carbocycles. The molecule has 0 saturated heterocycles. The van der Waals surface area contributed by atoms with Gasteiger partial charge in [-0.15, -0.1) is 10.2 Å². The van der Waals surface area contributed by atoms with E-state index < -0.39 is 6.61 Å². The number of benzene rings is 1. The van der Waals surface area contributed by atoms with Gasteiger partial charge < -0.3 is 10.1 Å². The van der Waals surface area contributed by atoms with Crippen molar-refractivity contribution >= 4 is 35.0 Å². The number of carbonyl (C=O) groups is 1. The summed E-state index contributed by atoms with van der Waals surface area (Å²) in [7, 11) is 0. The van der Waals surface area contributed by atoms with Gasteiger partial charge in [-0.3, -0.25) is 14.3 Å². The van der Waals surface area contributed by atoms with E-state index in [4.69, 9.17) is 11.6 Å². The standard InChI is InChI=1S/C19H16ClF2N5O2S/c20-14-8-12(3-6-15(14)29-18(21)22)24-16(28)10-30-19-26-25-17(27(19)13-4-5-13)11-2-1-7-23-9-11/h1-3,6-9,13,18H,4-5,10H2,(H,24,28). The largest absolute Gasteiger partial charge is 0.433 e. The van der Waals surface area contributed by atoms with Crippen LogP contribution < -0.4 is 10.1 Å². The molecule has 0 atom stereocenters. The molecule has 11 heteroatoms. The van der Waals surface area contributed by atoms with Crippen LogP contribution in [-0.2, 0) is 4.79 Å². The maximum absolute atomic E-state index is 12.3. The second kappa shape index (κ2) is 8.97. The molecule has 1 aliphatic rings. The first-order chi connectivity index (χ1) is 14.5. The maximum Gasteiger partial charge on any atom is 0.387 e. The van der Waals surface area contributed by atoms with Gasteiger partial charge in [-0.25, -0.2) is 0 Å². The highest BCUT2D eigenvalue weighted by atomic mass is 35.5. The predicted octanol–water partition coefficient (Wildman–Crippen LogP) is 4.66. The molecule has 4 rings (SSSR count). The zero-order chi connectivity index (χ0) is 21.1. The number of amides is 1. The number of carbonyl (C=O) groups excluding carboxylic acids is 1. The smallest absolute Gasteiger partial charge is 0.387 e. The lowest BCUT2D eigenvalue weighted by molar-refractivity contribution is -0.113. The van der Waals surface area contributed by atoms with Crippen molar-refractivity contribution in [2.75, 3.05) is 11.1 Å². The number of anilines is 1. The first-order valence-corrected chi connectivity index (χ1v) is 10.4. The zero-order valence-electron chi connectivity index (χ0n) is 15.5. The van der Waals surface area contributed by atoms with E-state index in [1.54, 1.807) is 12.4 Å². The minimum atomic E-state index is -2.97. The Labute approximate surface area is 179 Å². The Kier molecular flexibility index (Phi) is 6.14. The number of alkyl halides is 2. The Balaban J connectivity index is 1.41. The number of ether oxygens (including phenoxy) is 1. The van der Waals surface area contributed by atoms with E-state index in [0.29, 0.717) is 16.9 Å². The van der Waals surface area contributed by atoms with Crippen molar-refractivity contribution in [3.8, 4) is 17.1 Å². The van der Waals surface area contributed by atoms with Crippen LogP contribution in [0.3, 0.4) is 0 Å². The predicted molar refractivity (Wildman–Crippen MR) is 109 cm³/mol. The fraction of sp³-hybridized carbons (Fsp3) is 0.263. The van der Waals surface area contributed by atoms with Crippen molar-refractivity contribution in [1.29, 1.82) is 0 Å². The summed E-state index contributed by atoms with van der Waals surface area (Å²) in [6.07, 6.45) is 5.50. The first-order valence-electron chi connectivity index (χ1n) is 9.03. The number of thioether (sulfide) groups is 1. The third-order valence-corrected chi connectivity index (χ3v) is 5.50. The molecule has 30 heavy (non-hydrogen) atoms. The lowest BCUT2D eigenvalue weighted by atomic mass is 10.3. The summed E-state index contributed by atoms with van der Waals surface area (Å²) in [4.78, 5) is 16.5. The fourth-order valence-electron chi connectivity index (χ4n) is 2.83. The molecule has 7 nitrogen and oxygen atoms in total. The number of aromatic nitrogens is 4. The normalized spacial score (nSPS) is 13.5. The summed E-state index contributed by atoms with van der Waals surface area (Å²) in [5.74, 6) is 0.395. The number of rotatable bonds is 8. The van der Waals surface area contributed by atoms with Crippen LogP contribution in [0.5, 0.6) is 5.75 Å². The van der Waals surface area contributed by atoms with Crippen molar-refractivity contribution < 1.29 is 18.3 Å². The van der Waals surface area contributed by atoms with Gasteiger partial charge in [0.15, 0.2) is 11.0 Å². The second-order valence-electron chi connectivity index (χ2n) is 6.51. The minimum Gasteiger partial charge on any atom is -0.433 e. The molecule has 1 fully saturated rings. The lowest BCUT2D eigenvalue weighted by Gasteiger charge is -2.10. The molecule has 0 radical (unpaired) electrons. The average Bonchev–Trinajstić information content (AvgIpc) is 3.48. The fourth-order valence-corrected chi connectivity index (χ4v) is 3.86. The van der Waals surface area contributed by atoms with Gasteiger partial charge in [0.05, 0.1) is 10.8 Å². The number of hydrogen-bond donors (Lipinski definition) is 1. The minimum absolute atomic E-state index is 0.0182. The van der Waals surface area contributed by atoms with E-state index in [-0.39, 0.29) is 22.4 Å². The Hall–Kier alpha value is -2.72.